The third kappa shape index (κ3) is 5.29. The van der Waals surface area contributed by atoms with Gasteiger partial charge in [-0.1, -0.05) is 63.6 Å². The molecule has 0 aromatic heterocycles. The maximum absolute atomic E-state index is 9.92. The molecule has 1 heterocycles. The third-order valence-electron chi connectivity index (χ3n) is 4.21. The highest BCUT2D eigenvalue weighted by atomic mass is 16.8. The van der Waals surface area contributed by atoms with E-state index in [0.717, 1.165) is 18.6 Å². The molecule has 1 N–H and O–H groups in total. The molecule has 1 aromatic rings. The van der Waals surface area contributed by atoms with Crippen LogP contribution in [-0.2, 0) is 4.74 Å². The van der Waals surface area contributed by atoms with Gasteiger partial charge in [0.25, 0.3) is 0 Å². The van der Waals surface area contributed by atoms with Crippen molar-refractivity contribution < 1.29 is 14.6 Å². The Kier molecular flexibility index (Phi) is 6.27. The summed E-state index contributed by atoms with van der Waals surface area (Å²) in [7, 11) is 0. The summed E-state index contributed by atoms with van der Waals surface area (Å²) >= 11 is 0. The number of hydrogen-bond donors (Lipinski definition) is 1. The number of para-hydroxylation sites is 1. The first kappa shape index (κ1) is 17.3. The van der Waals surface area contributed by atoms with Crippen LogP contribution >= 0.6 is 0 Å². The van der Waals surface area contributed by atoms with E-state index in [1.54, 1.807) is 6.92 Å². The molecule has 0 saturated carbocycles. The minimum absolute atomic E-state index is 0.532. The summed E-state index contributed by atoms with van der Waals surface area (Å²) in [6.07, 6.45) is 10.2. The average Bonchev–Trinajstić information content (AvgIpc) is 2.45. The van der Waals surface area contributed by atoms with Gasteiger partial charge in [0.05, 0.1) is 6.42 Å². The Morgan fingerprint density at radius 1 is 1.05 bits per heavy atom. The van der Waals surface area contributed by atoms with Gasteiger partial charge in [0, 0.05) is 6.42 Å². The summed E-state index contributed by atoms with van der Waals surface area (Å²) < 4.78 is 11.7. The van der Waals surface area contributed by atoms with Crippen LogP contribution in [0.15, 0.2) is 30.3 Å². The molecule has 3 nitrogen and oxygen atoms in total. The zero-order valence-corrected chi connectivity index (χ0v) is 14.0. The lowest BCUT2D eigenvalue weighted by molar-refractivity contribution is -0.420. The summed E-state index contributed by atoms with van der Waals surface area (Å²) in [5.74, 6) is -0.884. The zero-order valence-electron chi connectivity index (χ0n) is 14.0. The van der Waals surface area contributed by atoms with Gasteiger partial charge in [-0.3, -0.25) is 0 Å². The fourth-order valence-electron chi connectivity index (χ4n) is 3.19. The smallest absolute Gasteiger partial charge is 0.218 e. The van der Waals surface area contributed by atoms with Crippen molar-refractivity contribution in [2.75, 3.05) is 0 Å². The Morgan fingerprint density at radius 2 is 1.64 bits per heavy atom. The molecule has 1 aliphatic heterocycles. The second-order valence-electron chi connectivity index (χ2n) is 6.65. The second-order valence-corrected chi connectivity index (χ2v) is 6.65. The van der Waals surface area contributed by atoms with Crippen molar-refractivity contribution in [3.8, 4) is 5.75 Å². The Morgan fingerprint density at radius 3 is 2.23 bits per heavy atom. The highest BCUT2D eigenvalue weighted by molar-refractivity contribution is 5.22. The molecule has 1 aromatic carbocycles. The Hall–Kier alpha value is -1.06. The van der Waals surface area contributed by atoms with E-state index in [1.807, 2.05) is 30.3 Å². The Bertz CT molecular complexity index is 420. The van der Waals surface area contributed by atoms with Gasteiger partial charge in [-0.15, -0.1) is 0 Å². The maximum atomic E-state index is 9.92. The monoisotopic (exact) mass is 306 g/mol. The van der Waals surface area contributed by atoms with Crippen LogP contribution in [0.3, 0.4) is 0 Å². The molecule has 22 heavy (non-hydrogen) atoms. The fourth-order valence-corrected chi connectivity index (χ4v) is 3.19. The summed E-state index contributed by atoms with van der Waals surface area (Å²) in [5, 5.41) is 9.92. The van der Waals surface area contributed by atoms with Crippen molar-refractivity contribution in [1.29, 1.82) is 0 Å². The first-order valence-electron chi connectivity index (χ1n) is 8.72. The van der Waals surface area contributed by atoms with Gasteiger partial charge in [-0.2, -0.15) is 0 Å². The lowest BCUT2D eigenvalue weighted by atomic mass is 9.92. The van der Waals surface area contributed by atoms with Gasteiger partial charge >= 0.3 is 0 Å². The third-order valence-corrected chi connectivity index (χ3v) is 4.21. The van der Waals surface area contributed by atoms with E-state index in [0.29, 0.717) is 6.42 Å². The van der Waals surface area contributed by atoms with Gasteiger partial charge < -0.3 is 14.6 Å². The van der Waals surface area contributed by atoms with E-state index < -0.39 is 11.6 Å². The lowest BCUT2D eigenvalue weighted by Crippen LogP contribution is -2.61. The summed E-state index contributed by atoms with van der Waals surface area (Å²) in [6.45, 7) is 3.94. The molecule has 1 fully saturated rings. The molecule has 2 rings (SSSR count). The molecule has 2 atom stereocenters. The van der Waals surface area contributed by atoms with E-state index in [1.165, 1.54) is 38.5 Å². The molecule has 1 aliphatic rings. The van der Waals surface area contributed by atoms with Crippen molar-refractivity contribution in [1.82, 2.24) is 0 Å². The predicted octanol–water partition coefficient (Wildman–Crippen LogP) is 5.03. The molecule has 0 radical (unpaired) electrons. The molecule has 0 aliphatic carbocycles. The number of hydrogen-bond acceptors (Lipinski definition) is 3. The normalized spacial score (nSPS) is 27.4. The minimum atomic E-state index is -1.05. The number of ether oxygens (including phenoxy) is 2. The van der Waals surface area contributed by atoms with Gasteiger partial charge in [0.2, 0.25) is 5.79 Å². The average molecular weight is 306 g/mol. The maximum Gasteiger partial charge on any atom is 0.218 e. The van der Waals surface area contributed by atoms with Crippen LogP contribution in [0, 0.1) is 0 Å². The highest BCUT2D eigenvalue weighted by Gasteiger charge is 2.54. The van der Waals surface area contributed by atoms with Crippen molar-refractivity contribution in [3.63, 3.8) is 0 Å². The van der Waals surface area contributed by atoms with Gasteiger partial charge in [-0.05, 0) is 25.5 Å². The highest BCUT2D eigenvalue weighted by Crippen LogP contribution is 2.44. The van der Waals surface area contributed by atoms with Crippen molar-refractivity contribution in [3.05, 3.63) is 30.3 Å². The van der Waals surface area contributed by atoms with Gasteiger partial charge in [-0.25, -0.2) is 0 Å². The van der Waals surface area contributed by atoms with E-state index in [-0.39, 0.29) is 0 Å². The van der Waals surface area contributed by atoms with Crippen LogP contribution in [-0.4, -0.2) is 16.7 Å². The standard InChI is InChI=1S/C19H30O3/c1-3-4-5-6-7-8-12-15-19(16-18(2,20)22-19)21-17-13-10-9-11-14-17/h9-11,13-14,20H,3-8,12,15-16H2,1-2H3. The largest absolute Gasteiger partial charge is 0.462 e. The molecule has 2 unspecified atom stereocenters. The molecule has 3 heteroatoms. The van der Waals surface area contributed by atoms with Crippen LogP contribution in [0.2, 0.25) is 0 Å². The topological polar surface area (TPSA) is 38.7 Å². The van der Waals surface area contributed by atoms with Gasteiger partial charge in [0.1, 0.15) is 5.75 Å². The van der Waals surface area contributed by atoms with Crippen molar-refractivity contribution in [2.24, 2.45) is 0 Å². The summed E-state index contributed by atoms with van der Waals surface area (Å²) in [5.41, 5.74) is 0. The van der Waals surface area contributed by atoms with Crippen molar-refractivity contribution >= 4 is 0 Å². The first-order valence-corrected chi connectivity index (χ1v) is 8.72. The number of unbranched alkanes of at least 4 members (excludes halogenated alkanes) is 6. The second kappa shape index (κ2) is 7.98. The molecule has 124 valence electrons. The van der Waals surface area contributed by atoms with Crippen molar-refractivity contribution in [2.45, 2.75) is 83.2 Å². The zero-order chi connectivity index (χ0) is 15.9. The SMILES string of the molecule is CCCCCCCCCC1(Oc2ccccc2)CC(C)(O)O1. The molecule has 1 saturated heterocycles. The predicted molar refractivity (Wildman–Crippen MR) is 88.7 cm³/mol. The van der Waals surface area contributed by atoms with Crippen LogP contribution in [0.5, 0.6) is 5.75 Å². The molecule has 0 bridgehead atoms. The first-order chi connectivity index (χ1) is 10.6. The fraction of sp³-hybridized carbons (Fsp3) is 0.684. The van der Waals surface area contributed by atoms with Crippen LogP contribution in [0.4, 0.5) is 0 Å². The summed E-state index contributed by atoms with van der Waals surface area (Å²) in [6, 6.07) is 9.74. The molecular formula is C19H30O3. The van der Waals surface area contributed by atoms with E-state index in [4.69, 9.17) is 9.47 Å². The number of aliphatic hydroxyl groups is 1. The molecular weight excluding hydrogens is 276 g/mol. The number of rotatable bonds is 10. The molecule has 0 amide bonds. The van der Waals surface area contributed by atoms with E-state index >= 15 is 0 Å². The Labute approximate surface area is 134 Å². The van der Waals surface area contributed by atoms with Crippen LogP contribution in [0.1, 0.15) is 71.6 Å². The number of benzene rings is 1. The Balaban J connectivity index is 1.75. The van der Waals surface area contributed by atoms with Crippen LogP contribution < -0.4 is 4.74 Å². The lowest BCUT2D eigenvalue weighted by Gasteiger charge is -2.50. The van der Waals surface area contributed by atoms with Gasteiger partial charge in [0.15, 0.2) is 5.79 Å². The summed E-state index contributed by atoms with van der Waals surface area (Å²) in [4.78, 5) is 0. The van der Waals surface area contributed by atoms with Crippen LogP contribution in [0.25, 0.3) is 0 Å². The quantitative estimate of drug-likeness (QED) is 0.616. The van der Waals surface area contributed by atoms with E-state index in [2.05, 4.69) is 6.92 Å². The van der Waals surface area contributed by atoms with E-state index in [9.17, 15) is 5.11 Å². The molecule has 0 spiro atoms. The minimum Gasteiger partial charge on any atom is -0.462 e.